The predicted molar refractivity (Wildman–Crippen MR) is 143 cm³/mol. The molecule has 1 atom stereocenters. The lowest BCUT2D eigenvalue weighted by atomic mass is 9.94. The van der Waals surface area contributed by atoms with Gasteiger partial charge < -0.3 is 19.4 Å². The number of nitrogens with one attached hydrogen (secondary N) is 1. The number of aromatic amines is 1. The minimum absolute atomic E-state index is 0.196. The molecule has 2 saturated heterocycles. The predicted octanol–water partition coefficient (Wildman–Crippen LogP) is 3.10. The number of carbonyl (C=O) groups excluding carboxylic acids is 3. The van der Waals surface area contributed by atoms with Crippen molar-refractivity contribution in [3.8, 4) is 11.5 Å². The second-order valence-corrected chi connectivity index (χ2v) is 10.5. The number of H-pyrrole nitrogens is 1. The Labute approximate surface area is 221 Å². The number of carbonyl (C=O) groups is 3. The molecule has 3 amide bonds. The summed E-state index contributed by atoms with van der Waals surface area (Å²) < 4.78 is 10.9. The maximum absolute atomic E-state index is 13.7. The van der Waals surface area contributed by atoms with Crippen molar-refractivity contribution in [2.24, 2.45) is 0 Å². The SMILES string of the molecule is COc1ccc(C=C2SC(=S)N(N3CC(=O)N4Cc5[nH]c6ccccc6c5CC4C3=O)C2=O)c(OC)c1. The maximum Gasteiger partial charge on any atom is 0.285 e. The van der Waals surface area contributed by atoms with Gasteiger partial charge in [-0.15, -0.1) is 0 Å². The Morgan fingerprint density at radius 3 is 2.68 bits per heavy atom. The number of ether oxygens (including phenoxy) is 2. The molecule has 6 rings (SSSR count). The smallest absolute Gasteiger partial charge is 0.285 e. The van der Waals surface area contributed by atoms with Gasteiger partial charge in [0.15, 0.2) is 4.32 Å². The fourth-order valence-electron chi connectivity index (χ4n) is 5.08. The molecule has 3 aromatic rings. The largest absolute Gasteiger partial charge is 0.497 e. The highest BCUT2D eigenvalue weighted by Crippen LogP contribution is 2.38. The van der Waals surface area contributed by atoms with E-state index < -0.39 is 11.9 Å². The topological polar surface area (TPSA) is 95.2 Å². The Morgan fingerprint density at radius 1 is 1.08 bits per heavy atom. The van der Waals surface area contributed by atoms with Gasteiger partial charge in [0.25, 0.3) is 11.8 Å². The Morgan fingerprint density at radius 2 is 1.89 bits per heavy atom. The number of piperazine rings is 1. The van der Waals surface area contributed by atoms with Crippen LogP contribution in [0.1, 0.15) is 16.8 Å². The second kappa shape index (κ2) is 8.93. The number of hydrazine groups is 1. The van der Waals surface area contributed by atoms with Crippen LogP contribution in [0.5, 0.6) is 11.5 Å². The summed E-state index contributed by atoms with van der Waals surface area (Å²) >= 11 is 6.58. The molecule has 1 unspecified atom stereocenters. The van der Waals surface area contributed by atoms with Crippen LogP contribution < -0.4 is 9.47 Å². The number of aromatic nitrogens is 1. The lowest BCUT2D eigenvalue weighted by Crippen LogP contribution is -2.66. The number of hydrogen-bond acceptors (Lipinski definition) is 7. The minimum Gasteiger partial charge on any atom is -0.497 e. The molecule has 1 N–H and O–H groups in total. The summed E-state index contributed by atoms with van der Waals surface area (Å²) in [4.78, 5) is 45.6. The summed E-state index contributed by atoms with van der Waals surface area (Å²) in [6, 6.07) is 12.4. The molecule has 0 radical (unpaired) electrons. The van der Waals surface area contributed by atoms with Crippen molar-refractivity contribution in [2.45, 2.75) is 19.0 Å². The van der Waals surface area contributed by atoms with Crippen LogP contribution in [0.2, 0.25) is 0 Å². The van der Waals surface area contributed by atoms with E-state index in [1.165, 1.54) is 12.1 Å². The lowest BCUT2D eigenvalue weighted by Gasteiger charge is -2.44. The zero-order chi connectivity index (χ0) is 25.8. The summed E-state index contributed by atoms with van der Waals surface area (Å²) in [6.07, 6.45) is 2.03. The van der Waals surface area contributed by atoms with Gasteiger partial charge in [-0.05, 0) is 42.1 Å². The van der Waals surface area contributed by atoms with Crippen LogP contribution in [0.4, 0.5) is 0 Å². The zero-order valence-electron chi connectivity index (χ0n) is 20.0. The summed E-state index contributed by atoms with van der Waals surface area (Å²) in [5.74, 6) is 0.139. The van der Waals surface area contributed by atoms with Gasteiger partial charge in [0.2, 0.25) is 5.91 Å². The Hall–Kier alpha value is -3.83. The standard InChI is InChI=1S/C26H22N4O5S2/c1-34-15-8-7-14(21(10-15)35-2)9-22-25(33)30(26(36)37-22)29-13-23(31)28-12-19-17(11-20(28)24(29)32)16-5-3-4-6-18(16)27-19/h3-10,20,27H,11-13H2,1-2H3. The van der Waals surface area contributed by atoms with Crippen molar-refractivity contribution in [2.75, 3.05) is 20.8 Å². The third-order valence-corrected chi connectivity index (χ3v) is 8.17. The molecular formula is C26H22N4O5S2. The third kappa shape index (κ3) is 3.77. The highest BCUT2D eigenvalue weighted by atomic mass is 32.2. The fraction of sp³-hybridized carbons (Fsp3) is 0.231. The van der Waals surface area contributed by atoms with Gasteiger partial charge in [-0.3, -0.25) is 14.4 Å². The van der Waals surface area contributed by atoms with Crippen LogP contribution in [-0.4, -0.2) is 68.7 Å². The Bertz CT molecular complexity index is 1530. The monoisotopic (exact) mass is 534 g/mol. The summed E-state index contributed by atoms with van der Waals surface area (Å²) in [5.41, 5.74) is 3.60. The van der Waals surface area contributed by atoms with Crippen LogP contribution in [0, 0.1) is 0 Å². The van der Waals surface area contributed by atoms with E-state index in [1.807, 2.05) is 24.3 Å². The molecule has 0 saturated carbocycles. The Balaban J connectivity index is 1.30. The molecule has 3 aliphatic heterocycles. The number of para-hydroxylation sites is 1. The molecule has 0 aliphatic carbocycles. The van der Waals surface area contributed by atoms with E-state index >= 15 is 0 Å². The van der Waals surface area contributed by atoms with E-state index in [4.69, 9.17) is 21.7 Å². The Kier molecular flexibility index (Phi) is 5.68. The quantitative estimate of drug-likeness (QED) is 0.406. The first-order chi connectivity index (χ1) is 17.9. The van der Waals surface area contributed by atoms with Crippen molar-refractivity contribution >= 4 is 63.0 Å². The number of hydrogen-bond donors (Lipinski definition) is 1. The molecule has 4 heterocycles. The number of benzene rings is 2. The van der Waals surface area contributed by atoms with Gasteiger partial charge in [-0.1, -0.05) is 30.0 Å². The van der Waals surface area contributed by atoms with Crippen LogP contribution in [-0.2, 0) is 27.3 Å². The number of methoxy groups -OCH3 is 2. The molecule has 3 aliphatic rings. The maximum atomic E-state index is 13.7. The van der Waals surface area contributed by atoms with Crippen molar-refractivity contribution in [1.82, 2.24) is 19.9 Å². The lowest BCUT2D eigenvalue weighted by molar-refractivity contribution is -0.170. The second-order valence-electron chi connectivity index (χ2n) is 8.87. The van der Waals surface area contributed by atoms with Gasteiger partial charge in [0, 0.05) is 34.6 Å². The molecule has 0 bridgehead atoms. The highest BCUT2D eigenvalue weighted by molar-refractivity contribution is 8.26. The normalized spacial score (nSPS) is 20.6. The first-order valence-corrected chi connectivity index (χ1v) is 12.8. The van der Waals surface area contributed by atoms with E-state index in [9.17, 15) is 14.4 Å². The molecule has 1 aromatic heterocycles. The summed E-state index contributed by atoms with van der Waals surface area (Å²) in [6.45, 7) is 0.0686. The highest BCUT2D eigenvalue weighted by Gasteiger charge is 2.48. The van der Waals surface area contributed by atoms with Crippen molar-refractivity contribution in [1.29, 1.82) is 0 Å². The third-order valence-electron chi connectivity index (χ3n) is 6.89. The molecule has 0 spiro atoms. The van der Waals surface area contributed by atoms with Gasteiger partial charge in [-0.25, -0.2) is 5.01 Å². The van der Waals surface area contributed by atoms with Gasteiger partial charge in [0.1, 0.15) is 24.1 Å². The number of thioether (sulfide) groups is 1. The first-order valence-electron chi connectivity index (χ1n) is 11.6. The molecular weight excluding hydrogens is 512 g/mol. The van der Waals surface area contributed by atoms with E-state index in [0.29, 0.717) is 34.9 Å². The van der Waals surface area contributed by atoms with Crippen LogP contribution in [0.25, 0.3) is 17.0 Å². The van der Waals surface area contributed by atoms with Crippen molar-refractivity contribution in [3.05, 3.63) is 64.2 Å². The van der Waals surface area contributed by atoms with E-state index in [2.05, 4.69) is 4.98 Å². The number of thiocarbonyl (C=S) groups is 1. The number of nitrogens with zero attached hydrogens (tertiary/aromatic N) is 3. The summed E-state index contributed by atoms with van der Waals surface area (Å²) in [5, 5.41) is 3.40. The zero-order valence-corrected chi connectivity index (χ0v) is 21.6. The van der Waals surface area contributed by atoms with Crippen LogP contribution >= 0.6 is 24.0 Å². The minimum atomic E-state index is -0.705. The average Bonchev–Trinajstić information content (AvgIpc) is 3.41. The molecule has 37 heavy (non-hydrogen) atoms. The van der Waals surface area contributed by atoms with E-state index in [-0.39, 0.29) is 22.7 Å². The first kappa shape index (κ1) is 23.6. The number of amides is 3. The fourth-order valence-corrected chi connectivity index (χ4v) is 6.34. The van der Waals surface area contributed by atoms with E-state index in [0.717, 1.165) is 38.9 Å². The number of rotatable bonds is 4. The van der Waals surface area contributed by atoms with Gasteiger partial charge >= 0.3 is 0 Å². The van der Waals surface area contributed by atoms with Crippen molar-refractivity contribution in [3.63, 3.8) is 0 Å². The molecule has 11 heteroatoms. The van der Waals surface area contributed by atoms with Crippen molar-refractivity contribution < 1.29 is 23.9 Å². The average molecular weight is 535 g/mol. The van der Waals surface area contributed by atoms with Crippen LogP contribution in [0.15, 0.2) is 47.4 Å². The molecule has 188 valence electrons. The number of fused-ring (bicyclic) bond motifs is 4. The molecule has 2 fully saturated rings. The summed E-state index contributed by atoms with van der Waals surface area (Å²) in [7, 11) is 3.09. The van der Waals surface area contributed by atoms with Crippen LogP contribution in [0.3, 0.4) is 0 Å². The van der Waals surface area contributed by atoms with E-state index in [1.54, 1.807) is 36.3 Å². The van der Waals surface area contributed by atoms with Gasteiger partial charge in [0.05, 0.1) is 25.7 Å². The van der Waals surface area contributed by atoms with Gasteiger partial charge in [-0.2, -0.15) is 5.01 Å². The molecule has 2 aromatic carbocycles. The molecule has 9 nitrogen and oxygen atoms in total.